The standard InChI is InChI=1S/C14H18N4O/c1-11(19)17-5-2-6-18(8-7-17)14-4-3-13(16)9-12(14)10-15/h3-4,9H,2,5-8,16H2,1H3. The number of rotatable bonds is 1. The van der Waals surface area contributed by atoms with Crippen molar-refractivity contribution in [2.45, 2.75) is 13.3 Å². The first-order chi connectivity index (χ1) is 9.11. The second kappa shape index (κ2) is 5.61. The van der Waals surface area contributed by atoms with E-state index in [0.717, 1.165) is 31.7 Å². The van der Waals surface area contributed by atoms with Crippen molar-refractivity contribution in [2.24, 2.45) is 0 Å². The molecule has 2 rings (SSSR count). The number of carbonyl (C=O) groups is 1. The lowest BCUT2D eigenvalue weighted by atomic mass is 10.1. The first kappa shape index (κ1) is 13.2. The number of hydrogen-bond donors (Lipinski definition) is 1. The fourth-order valence-corrected chi connectivity index (χ4v) is 2.39. The Morgan fingerprint density at radius 1 is 1.32 bits per heavy atom. The third-order valence-corrected chi connectivity index (χ3v) is 3.42. The molecule has 0 atom stereocenters. The van der Waals surface area contributed by atoms with E-state index in [0.29, 0.717) is 17.8 Å². The molecule has 0 radical (unpaired) electrons. The topological polar surface area (TPSA) is 73.4 Å². The predicted molar refractivity (Wildman–Crippen MR) is 74.7 cm³/mol. The molecule has 1 saturated heterocycles. The molecule has 1 aromatic carbocycles. The molecule has 0 spiro atoms. The molecule has 1 fully saturated rings. The summed E-state index contributed by atoms with van der Waals surface area (Å²) in [6.07, 6.45) is 0.912. The minimum atomic E-state index is 0.111. The van der Waals surface area contributed by atoms with E-state index in [1.165, 1.54) is 0 Å². The molecule has 1 aliphatic rings. The van der Waals surface area contributed by atoms with Crippen LogP contribution in [-0.4, -0.2) is 37.0 Å². The number of anilines is 2. The summed E-state index contributed by atoms with van der Waals surface area (Å²) in [5.41, 5.74) is 7.80. The molecular formula is C14H18N4O. The molecule has 1 amide bonds. The van der Waals surface area contributed by atoms with Crippen molar-refractivity contribution in [3.63, 3.8) is 0 Å². The number of amides is 1. The molecule has 19 heavy (non-hydrogen) atoms. The van der Waals surface area contributed by atoms with Gasteiger partial charge in [0.15, 0.2) is 0 Å². The lowest BCUT2D eigenvalue weighted by Gasteiger charge is -2.24. The highest BCUT2D eigenvalue weighted by Crippen LogP contribution is 2.23. The van der Waals surface area contributed by atoms with Gasteiger partial charge in [-0.15, -0.1) is 0 Å². The Hall–Kier alpha value is -2.22. The van der Waals surface area contributed by atoms with Gasteiger partial charge in [0, 0.05) is 38.8 Å². The smallest absolute Gasteiger partial charge is 0.219 e. The van der Waals surface area contributed by atoms with Gasteiger partial charge in [-0.2, -0.15) is 5.26 Å². The summed E-state index contributed by atoms with van der Waals surface area (Å²) in [5.74, 6) is 0.111. The van der Waals surface area contributed by atoms with Gasteiger partial charge in [0.2, 0.25) is 5.91 Å². The van der Waals surface area contributed by atoms with Crippen LogP contribution in [0.25, 0.3) is 0 Å². The van der Waals surface area contributed by atoms with Crippen molar-refractivity contribution < 1.29 is 4.79 Å². The lowest BCUT2D eigenvalue weighted by Crippen LogP contribution is -2.33. The van der Waals surface area contributed by atoms with Crippen molar-refractivity contribution >= 4 is 17.3 Å². The van der Waals surface area contributed by atoms with Crippen LogP contribution in [0.2, 0.25) is 0 Å². The van der Waals surface area contributed by atoms with E-state index in [2.05, 4.69) is 11.0 Å². The summed E-state index contributed by atoms with van der Waals surface area (Å²) in [7, 11) is 0. The molecule has 0 saturated carbocycles. The van der Waals surface area contributed by atoms with E-state index >= 15 is 0 Å². The maximum Gasteiger partial charge on any atom is 0.219 e. The number of nitrogen functional groups attached to an aromatic ring is 1. The minimum Gasteiger partial charge on any atom is -0.399 e. The van der Waals surface area contributed by atoms with Crippen LogP contribution in [0, 0.1) is 11.3 Å². The van der Waals surface area contributed by atoms with E-state index in [1.807, 2.05) is 17.0 Å². The Morgan fingerprint density at radius 2 is 2.11 bits per heavy atom. The SMILES string of the molecule is CC(=O)N1CCCN(c2ccc(N)cc2C#N)CC1. The molecule has 100 valence electrons. The van der Waals surface area contributed by atoms with Gasteiger partial charge in [-0.05, 0) is 24.6 Å². The number of nitriles is 1. The van der Waals surface area contributed by atoms with Gasteiger partial charge >= 0.3 is 0 Å². The van der Waals surface area contributed by atoms with Crippen molar-refractivity contribution in [1.82, 2.24) is 4.90 Å². The Bertz CT molecular complexity index is 521. The second-order valence-electron chi connectivity index (χ2n) is 4.74. The summed E-state index contributed by atoms with van der Waals surface area (Å²) in [5, 5.41) is 9.19. The summed E-state index contributed by atoms with van der Waals surface area (Å²) in [6.45, 7) is 4.67. The monoisotopic (exact) mass is 258 g/mol. The quantitative estimate of drug-likeness (QED) is 0.768. The molecular weight excluding hydrogens is 240 g/mol. The summed E-state index contributed by atoms with van der Waals surface area (Å²) in [4.78, 5) is 15.4. The molecule has 1 aromatic rings. The molecule has 1 aliphatic heterocycles. The molecule has 2 N–H and O–H groups in total. The van der Waals surface area contributed by atoms with Gasteiger partial charge in [-0.3, -0.25) is 4.79 Å². The molecule has 5 nitrogen and oxygen atoms in total. The number of nitrogens with two attached hydrogens (primary N) is 1. The second-order valence-corrected chi connectivity index (χ2v) is 4.74. The van der Waals surface area contributed by atoms with Crippen LogP contribution in [0.4, 0.5) is 11.4 Å². The maximum atomic E-state index is 11.4. The number of benzene rings is 1. The largest absolute Gasteiger partial charge is 0.399 e. The predicted octanol–water partition coefficient (Wildman–Crippen LogP) is 1.20. The molecule has 0 aliphatic carbocycles. The van der Waals surface area contributed by atoms with Crippen LogP contribution in [0.1, 0.15) is 18.9 Å². The van der Waals surface area contributed by atoms with E-state index < -0.39 is 0 Å². The van der Waals surface area contributed by atoms with Crippen LogP contribution in [0.5, 0.6) is 0 Å². The summed E-state index contributed by atoms with van der Waals surface area (Å²) >= 11 is 0. The Labute approximate surface area is 113 Å². The van der Waals surface area contributed by atoms with Crippen LogP contribution in [0.3, 0.4) is 0 Å². The lowest BCUT2D eigenvalue weighted by molar-refractivity contribution is -0.128. The third kappa shape index (κ3) is 2.97. The maximum absolute atomic E-state index is 11.4. The zero-order valence-electron chi connectivity index (χ0n) is 11.1. The van der Waals surface area contributed by atoms with Gasteiger partial charge < -0.3 is 15.5 Å². The van der Waals surface area contributed by atoms with Crippen LogP contribution in [-0.2, 0) is 4.79 Å². The zero-order valence-corrected chi connectivity index (χ0v) is 11.1. The normalized spacial score (nSPS) is 15.8. The molecule has 1 heterocycles. The number of carbonyl (C=O) groups excluding carboxylic acids is 1. The third-order valence-electron chi connectivity index (χ3n) is 3.42. The fraction of sp³-hybridized carbons (Fsp3) is 0.429. The van der Waals surface area contributed by atoms with Crippen molar-refractivity contribution in [3.05, 3.63) is 23.8 Å². The molecule has 0 unspecified atom stereocenters. The average Bonchev–Trinajstić information content (AvgIpc) is 2.64. The molecule has 0 bridgehead atoms. The van der Waals surface area contributed by atoms with E-state index in [1.54, 1.807) is 13.0 Å². The van der Waals surface area contributed by atoms with Crippen LogP contribution >= 0.6 is 0 Å². The molecule has 5 heteroatoms. The number of hydrogen-bond acceptors (Lipinski definition) is 4. The van der Waals surface area contributed by atoms with Crippen LogP contribution < -0.4 is 10.6 Å². The van der Waals surface area contributed by atoms with Gasteiger partial charge in [0.05, 0.1) is 11.3 Å². The zero-order chi connectivity index (χ0) is 13.8. The van der Waals surface area contributed by atoms with Gasteiger partial charge in [-0.25, -0.2) is 0 Å². The van der Waals surface area contributed by atoms with Crippen molar-refractivity contribution in [1.29, 1.82) is 5.26 Å². The molecule has 0 aromatic heterocycles. The van der Waals surface area contributed by atoms with Gasteiger partial charge in [0.1, 0.15) is 6.07 Å². The Morgan fingerprint density at radius 3 is 2.79 bits per heavy atom. The highest BCUT2D eigenvalue weighted by atomic mass is 16.2. The fourth-order valence-electron chi connectivity index (χ4n) is 2.39. The average molecular weight is 258 g/mol. The van der Waals surface area contributed by atoms with Gasteiger partial charge in [-0.1, -0.05) is 0 Å². The number of nitrogens with zero attached hydrogens (tertiary/aromatic N) is 3. The highest BCUT2D eigenvalue weighted by molar-refractivity contribution is 5.73. The minimum absolute atomic E-state index is 0.111. The Kier molecular flexibility index (Phi) is 3.91. The van der Waals surface area contributed by atoms with E-state index in [-0.39, 0.29) is 5.91 Å². The van der Waals surface area contributed by atoms with E-state index in [9.17, 15) is 10.1 Å². The van der Waals surface area contributed by atoms with E-state index in [4.69, 9.17) is 5.73 Å². The summed E-state index contributed by atoms with van der Waals surface area (Å²) in [6, 6.07) is 7.58. The van der Waals surface area contributed by atoms with Crippen molar-refractivity contribution in [2.75, 3.05) is 36.8 Å². The summed E-state index contributed by atoms with van der Waals surface area (Å²) < 4.78 is 0. The Balaban J connectivity index is 2.19. The first-order valence-corrected chi connectivity index (χ1v) is 6.42. The van der Waals surface area contributed by atoms with Crippen LogP contribution in [0.15, 0.2) is 18.2 Å². The highest BCUT2D eigenvalue weighted by Gasteiger charge is 2.18. The van der Waals surface area contributed by atoms with Gasteiger partial charge in [0.25, 0.3) is 0 Å². The first-order valence-electron chi connectivity index (χ1n) is 6.42. The van der Waals surface area contributed by atoms with Crippen molar-refractivity contribution in [3.8, 4) is 6.07 Å².